The Hall–Kier alpha value is 0.520. The van der Waals surface area contributed by atoms with Gasteiger partial charge in [-0.2, -0.15) is 13.2 Å². The summed E-state index contributed by atoms with van der Waals surface area (Å²) < 4.78 is 28.8. The molecule has 0 N–H and O–H groups in total. The molecule has 0 aliphatic carbocycles. The summed E-state index contributed by atoms with van der Waals surface area (Å²) in [6, 6.07) is 0. The summed E-state index contributed by atoms with van der Waals surface area (Å²) in [6.45, 7) is -3.08. The minimum atomic E-state index is -3.08. The van der Waals surface area contributed by atoms with Crippen molar-refractivity contribution in [3.63, 3.8) is 0 Å². The average Bonchev–Trinajstić information content (AvgIpc) is 0.811. The molecular formula is CHF3I. The number of hydrogen-bond donors (Lipinski definition) is 0. The Labute approximate surface area is 44.4 Å². The molecule has 0 aliphatic heterocycles. The van der Waals surface area contributed by atoms with E-state index in [4.69, 9.17) is 0 Å². The highest BCUT2D eigenvalue weighted by atomic mass is 127. The molecule has 0 atom stereocenters. The highest BCUT2D eigenvalue weighted by Gasteiger charge is 1.93. The predicted molar refractivity (Wildman–Crippen MR) is 22.0 cm³/mol. The Morgan fingerprint density at radius 2 is 1.00 bits per heavy atom. The van der Waals surface area contributed by atoms with Gasteiger partial charge in [0.1, 0.15) is 0 Å². The normalized spacial score (nSPS) is 7.20. The summed E-state index contributed by atoms with van der Waals surface area (Å²) in [5, 5.41) is 0. The third-order valence-corrected chi connectivity index (χ3v) is 0. The molecule has 0 amide bonds. The zero-order chi connectivity index (χ0) is 3.58. The monoisotopic (exact) mass is 197 g/mol. The van der Waals surface area contributed by atoms with Gasteiger partial charge in [0.25, 0.3) is 0 Å². The molecule has 0 aromatic carbocycles. The third-order valence-electron chi connectivity index (χ3n) is 0. The molecule has 0 fully saturated rings. The fourth-order valence-corrected chi connectivity index (χ4v) is 0. The van der Waals surface area contributed by atoms with E-state index in [0.717, 1.165) is 0 Å². The molecule has 0 spiro atoms. The van der Waals surface area contributed by atoms with E-state index in [1.54, 1.807) is 0 Å². The van der Waals surface area contributed by atoms with E-state index in [1.165, 1.54) is 0 Å². The lowest BCUT2D eigenvalue weighted by Crippen LogP contribution is -1.49. The average molecular weight is 197 g/mol. The Bertz CT molecular complexity index is 11.6. The van der Waals surface area contributed by atoms with Crippen molar-refractivity contribution in [2.24, 2.45) is 0 Å². The van der Waals surface area contributed by atoms with Gasteiger partial charge < -0.3 is 0 Å². The number of hydrogen-bond acceptors (Lipinski definition) is 0. The molecule has 0 unspecified atom stereocenters. The van der Waals surface area contributed by atoms with Gasteiger partial charge in [-0.25, -0.2) is 0 Å². The van der Waals surface area contributed by atoms with Crippen LogP contribution in [0.5, 0.6) is 0 Å². The second-order valence-corrected chi connectivity index (χ2v) is 0.214. The van der Waals surface area contributed by atoms with Crippen LogP contribution in [0.4, 0.5) is 13.2 Å². The molecule has 0 nitrogen and oxygen atoms in total. The SMILES string of the molecule is F[C](F)F.I. The van der Waals surface area contributed by atoms with Crippen LogP contribution in [-0.2, 0) is 0 Å². The summed E-state index contributed by atoms with van der Waals surface area (Å²) >= 11 is 0. The van der Waals surface area contributed by atoms with Crippen molar-refractivity contribution in [2.45, 2.75) is 0 Å². The first-order valence-electron chi connectivity index (χ1n) is 0.567. The van der Waals surface area contributed by atoms with Crippen LogP contribution in [0.3, 0.4) is 0 Å². The molecule has 1 radical (unpaired) electrons. The lowest BCUT2D eigenvalue weighted by atomic mass is 11.6. The molecule has 0 aromatic heterocycles. The van der Waals surface area contributed by atoms with Crippen LogP contribution in [0.15, 0.2) is 0 Å². The second kappa shape index (κ2) is 4.52. The molecule has 33 valence electrons. The maximum Gasteiger partial charge on any atom is 0.487 e. The molecule has 5 heavy (non-hydrogen) atoms. The van der Waals surface area contributed by atoms with Crippen molar-refractivity contribution in [3.8, 4) is 0 Å². The van der Waals surface area contributed by atoms with E-state index in [2.05, 4.69) is 0 Å². The van der Waals surface area contributed by atoms with Crippen molar-refractivity contribution in [2.75, 3.05) is 0 Å². The van der Waals surface area contributed by atoms with Crippen LogP contribution in [0, 0.1) is 6.68 Å². The molecule has 4 heteroatoms. The highest BCUT2D eigenvalue weighted by molar-refractivity contribution is 14.0. The fourth-order valence-electron chi connectivity index (χ4n) is 0. The van der Waals surface area contributed by atoms with Gasteiger partial charge in [-0.3, -0.25) is 0 Å². The standard InChI is InChI=1S/CF3.HI/c2-1(3)4;/h;1H. The van der Waals surface area contributed by atoms with Crippen LogP contribution in [-0.4, -0.2) is 0 Å². The smallest absolute Gasteiger partial charge is 0.162 e. The predicted octanol–water partition coefficient (Wildman–Crippen LogP) is 1.96. The van der Waals surface area contributed by atoms with Crippen LogP contribution in [0.2, 0.25) is 0 Å². The summed E-state index contributed by atoms with van der Waals surface area (Å²) in [7, 11) is 0. The molecule has 0 aliphatic rings. The molecular weight excluding hydrogens is 196 g/mol. The lowest BCUT2D eigenvalue weighted by Gasteiger charge is -1.60. The number of halogens is 4. The second-order valence-electron chi connectivity index (χ2n) is 0.214. The van der Waals surface area contributed by atoms with Crippen LogP contribution < -0.4 is 0 Å². The van der Waals surface area contributed by atoms with E-state index >= 15 is 0 Å². The van der Waals surface area contributed by atoms with E-state index in [-0.39, 0.29) is 24.0 Å². The van der Waals surface area contributed by atoms with Gasteiger partial charge in [-0.1, -0.05) is 0 Å². The van der Waals surface area contributed by atoms with E-state index in [9.17, 15) is 13.2 Å². The van der Waals surface area contributed by atoms with E-state index in [0.29, 0.717) is 0 Å². The molecule has 0 saturated heterocycles. The van der Waals surface area contributed by atoms with Crippen LogP contribution in [0.1, 0.15) is 0 Å². The topological polar surface area (TPSA) is 0 Å². The first-order valence-corrected chi connectivity index (χ1v) is 0.567. The van der Waals surface area contributed by atoms with Crippen molar-refractivity contribution < 1.29 is 13.2 Å². The van der Waals surface area contributed by atoms with Crippen LogP contribution in [0.25, 0.3) is 0 Å². The summed E-state index contributed by atoms with van der Waals surface area (Å²) in [4.78, 5) is 0. The molecule has 0 aromatic rings. The Morgan fingerprint density at radius 3 is 1.00 bits per heavy atom. The molecule has 0 heterocycles. The zero-order valence-electron chi connectivity index (χ0n) is 2.04. The first kappa shape index (κ1) is 9.10. The Morgan fingerprint density at radius 1 is 1.00 bits per heavy atom. The minimum Gasteiger partial charge on any atom is -0.162 e. The summed E-state index contributed by atoms with van der Waals surface area (Å²) in [5.74, 6) is 0. The molecule has 0 bridgehead atoms. The molecule has 0 rings (SSSR count). The quantitative estimate of drug-likeness (QED) is 0.520. The van der Waals surface area contributed by atoms with Gasteiger partial charge >= 0.3 is 6.68 Å². The highest BCUT2D eigenvalue weighted by Crippen LogP contribution is 1.99. The van der Waals surface area contributed by atoms with Crippen molar-refractivity contribution in [3.05, 3.63) is 6.68 Å². The van der Waals surface area contributed by atoms with Gasteiger partial charge in [0.05, 0.1) is 0 Å². The van der Waals surface area contributed by atoms with Gasteiger partial charge in [0.2, 0.25) is 0 Å². The van der Waals surface area contributed by atoms with Crippen LogP contribution >= 0.6 is 24.0 Å². The Balaban J connectivity index is 0. The van der Waals surface area contributed by atoms with Gasteiger partial charge in [-0.15, -0.1) is 24.0 Å². The maximum atomic E-state index is 9.58. The van der Waals surface area contributed by atoms with Gasteiger partial charge in [-0.05, 0) is 0 Å². The summed E-state index contributed by atoms with van der Waals surface area (Å²) in [5.41, 5.74) is 0. The van der Waals surface area contributed by atoms with Crippen molar-refractivity contribution in [1.29, 1.82) is 0 Å². The number of rotatable bonds is 0. The minimum absolute atomic E-state index is 0. The zero-order valence-corrected chi connectivity index (χ0v) is 4.37. The third kappa shape index (κ3) is 106. The molecule has 0 saturated carbocycles. The fraction of sp³-hybridized carbons (Fsp3) is 0. The summed E-state index contributed by atoms with van der Waals surface area (Å²) in [6.07, 6.45) is 0. The lowest BCUT2D eigenvalue weighted by molar-refractivity contribution is 0.142. The van der Waals surface area contributed by atoms with E-state index in [1.807, 2.05) is 0 Å². The Kier molecular flexibility index (Phi) is 8.23. The van der Waals surface area contributed by atoms with Crippen molar-refractivity contribution in [1.82, 2.24) is 0 Å². The van der Waals surface area contributed by atoms with Gasteiger partial charge in [0, 0.05) is 0 Å². The van der Waals surface area contributed by atoms with E-state index < -0.39 is 6.68 Å². The van der Waals surface area contributed by atoms with Crippen molar-refractivity contribution >= 4 is 24.0 Å². The maximum absolute atomic E-state index is 9.58. The largest absolute Gasteiger partial charge is 0.487 e. The first-order chi connectivity index (χ1) is 1.73. The van der Waals surface area contributed by atoms with Gasteiger partial charge in [0.15, 0.2) is 0 Å².